The molecule has 1 N–H and O–H groups in total. The summed E-state index contributed by atoms with van der Waals surface area (Å²) >= 11 is 0. The van der Waals surface area contributed by atoms with Crippen molar-refractivity contribution >= 4 is 39.2 Å². The fourth-order valence-electron chi connectivity index (χ4n) is 3.04. The molecule has 1 amide bonds. The molecule has 136 valence electrons. The minimum absolute atomic E-state index is 0.0793. The minimum atomic E-state index is -0.0793. The van der Waals surface area contributed by atoms with Crippen molar-refractivity contribution in [1.82, 2.24) is 19.9 Å². The summed E-state index contributed by atoms with van der Waals surface area (Å²) in [6.07, 6.45) is 8.74. The van der Waals surface area contributed by atoms with Crippen molar-refractivity contribution in [2.45, 2.75) is 0 Å². The SMILES string of the molecule is C#Cc1cccc(Nc2nc3cc(C(=O)N(C)C)ccc3c3cncnc23)c1. The highest BCUT2D eigenvalue weighted by Crippen LogP contribution is 2.30. The third-order valence-corrected chi connectivity index (χ3v) is 4.40. The van der Waals surface area contributed by atoms with Crippen LogP contribution in [0, 0.1) is 12.3 Å². The summed E-state index contributed by atoms with van der Waals surface area (Å²) in [4.78, 5) is 27.2. The molecule has 0 unspecified atom stereocenters. The number of pyridine rings is 1. The standard InChI is InChI=1S/C22H17N5O/c1-4-14-6-5-7-16(10-14)25-21-20-18(12-23-13-24-20)17-9-8-15(11-19(17)26-21)22(28)27(2)3/h1,5-13H,2-3H3,(H,25,26). The number of hydrogen-bond donors (Lipinski definition) is 1. The van der Waals surface area contributed by atoms with Gasteiger partial charge in [-0.1, -0.05) is 18.1 Å². The number of nitrogens with zero attached hydrogens (tertiary/aromatic N) is 4. The van der Waals surface area contributed by atoms with Gasteiger partial charge in [0.1, 0.15) is 11.8 Å². The highest BCUT2D eigenvalue weighted by molar-refractivity contribution is 6.10. The van der Waals surface area contributed by atoms with Gasteiger partial charge in [-0.05, 0) is 30.3 Å². The molecule has 0 bridgehead atoms. The van der Waals surface area contributed by atoms with Crippen LogP contribution >= 0.6 is 0 Å². The number of anilines is 2. The molecule has 0 aliphatic rings. The Morgan fingerprint density at radius 2 is 2.00 bits per heavy atom. The fraction of sp³-hybridized carbons (Fsp3) is 0.0909. The summed E-state index contributed by atoms with van der Waals surface area (Å²) in [6.45, 7) is 0. The van der Waals surface area contributed by atoms with E-state index < -0.39 is 0 Å². The van der Waals surface area contributed by atoms with Crippen LogP contribution in [0.4, 0.5) is 11.5 Å². The second-order valence-corrected chi connectivity index (χ2v) is 6.53. The second-order valence-electron chi connectivity index (χ2n) is 6.53. The summed E-state index contributed by atoms with van der Waals surface area (Å²) in [6, 6.07) is 13.0. The molecule has 0 aliphatic carbocycles. The Bertz CT molecular complexity index is 1260. The van der Waals surface area contributed by atoms with Crippen LogP contribution < -0.4 is 5.32 Å². The van der Waals surface area contributed by atoms with E-state index >= 15 is 0 Å². The molecule has 6 nitrogen and oxygen atoms in total. The predicted molar refractivity (Wildman–Crippen MR) is 111 cm³/mol. The average molecular weight is 367 g/mol. The van der Waals surface area contributed by atoms with Gasteiger partial charge in [0.2, 0.25) is 0 Å². The topological polar surface area (TPSA) is 71.0 Å². The highest BCUT2D eigenvalue weighted by Gasteiger charge is 2.14. The first-order valence-corrected chi connectivity index (χ1v) is 8.65. The number of rotatable bonds is 3. The van der Waals surface area contributed by atoms with Crippen molar-refractivity contribution in [3.8, 4) is 12.3 Å². The number of amides is 1. The van der Waals surface area contributed by atoms with Crippen LogP contribution in [-0.4, -0.2) is 39.9 Å². The molecular formula is C22H17N5O. The maximum absolute atomic E-state index is 12.3. The van der Waals surface area contributed by atoms with E-state index in [-0.39, 0.29) is 5.91 Å². The molecule has 0 atom stereocenters. The van der Waals surface area contributed by atoms with E-state index in [4.69, 9.17) is 11.4 Å². The highest BCUT2D eigenvalue weighted by atomic mass is 16.2. The van der Waals surface area contributed by atoms with Gasteiger partial charge in [-0.2, -0.15) is 0 Å². The first kappa shape index (κ1) is 17.4. The molecule has 4 rings (SSSR count). The van der Waals surface area contributed by atoms with Gasteiger partial charge in [-0.3, -0.25) is 4.79 Å². The largest absolute Gasteiger partial charge is 0.345 e. The van der Waals surface area contributed by atoms with E-state index in [2.05, 4.69) is 21.2 Å². The molecule has 0 aliphatic heterocycles. The van der Waals surface area contributed by atoms with Gasteiger partial charge in [-0.25, -0.2) is 15.0 Å². The number of carbonyl (C=O) groups excluding carboxylic acids is 1. The van der Waals surface area contributed by atoms with E-state index in [9.17, 15) is 4.79 Å². The molecule has 2 aromatic carbocycles. The maximum atomic E-state index is 12.3. The molecule has 2 aromatic heterocycles. The Balaban J connectivity index is 1.90. The maximum Gasteiger partial charge on any atom is 0.253 e. The zero-order valence-electron chi connectivity index (χ0n) is 15.5. The van der Waals surface area contributed by atoms with Crippen molar-refractivity contribution in [3.63, 3.8) is 0 Å². The first-order chi connectivity index (χ1) is 13.6. The quantitative estimate of drug-likeness (QED) is 0.442. The van der Waals surface area contributed by atoms with Crippen LogP contribution in [0.2, 0.25) is 0 Å². The number of carbonyl (C=O) groups is 1. The van der Waals surface area contributed by atoms with E-state index in [1.807, 2.05) is 30.3 Å². The van der Waals surface area contributed by atoms with E-state index in [0.29, 0.717) is 22.4 Å². The van der Waals surface area contributed by atoms with Crippen molar-refractivity contribution in [2.24, 2.45) is 0 Å². The van der Waals surface area contributed by atoms with Crippen LogP contribution in [0.5, 0.6) is 0 Å². The van der Waals surface area contributed by atoms with Gasteiger partial charge in [0.25, 0.3) is 5.91 Å². The molecule has 0 saturated carbocycles. The predicted octanol–water partition coefficient (Wildman–Crippen LogP) is 3.60. The third-order valence-electron chi connectivity index (χ3n) is 4.40. The Kier molecular flexibility index (Phi) is 4.34. The Labute approximate surface area is 162 Å². The number of hydrogen-bond acceptors (Lipinski definition) is 5. The van der Waals surface area contributed by atoms with Gasteiger partial charge in [0.05, 0.1) is 5.52 Å². The smallest absolute Gasteiger partial charge is 0.253 e. The van der Waals surface area contributed by atoms with E-state index in [0.717, 1.165) is 22.0 Å². The van der Waals surface area contributed by atoms with Crippen LogP contribution in [0.1, 0.15) is 15.9 Å². The van der Waals surface area contributed by atoms with Gasteiger partial charge < -0.3 is 10.2 Å². The molecule has 0 spiro atoms. The zero-order chi connectivity index (χ0) is 19.7. The summed E-state index contributed by atoms with van der Waals surface area (Å²) < 4.78 is 0. The van der Waals surface area contributed by atoms with Gasteiger partial charge in [0, 0.05) is 47.9 Å². The Hall–Kier alpha value is -3.98. The van der Waals surface area contributed by atoms with E-state index in [1.54, 1.807) is 32.4 Å². The lowest BCUT2D eigenvalue weighted by Gasteiger charge is -2.13. The number of nitrogens with one attached hydrogen (secondary N) is 1. The van der Waals surface area contributed by atoms with Crippen molar-refractivity contribution in [3.05, 3.63) is 66.1 Å². The van der Waals surface area contributed by atoms with Crippen molar-refractivity contribution < 1.29 is 4.79 Å². The summed E-state index contributed by atoms with van der Waals surface area (Å²) in [7, 11) is 3.44. The van der Waals surface area contributed by atoms with Crippen LogP contribution in [0.25, 0.3) is 21.8 Å². The second kappa shape index (κ2) is 6.97. The van der Waals surface area contributed by atoms with Crippen LogP contribution in [-0.2, 0) is 0 Å². The molecule has 6 heteroatoms. The average Bonchev–Trinajstić information content (AvgIpc) is 2.73. The lowest BCUT2D eigenvalue weighted by molar-refractivity contribution is 0.0827. The van der Waals surface area contributed by atoms with Gasteiger partial charge in [0.15, 0.2) is 5.82 Å². The van der Waals surface area contributed by atoms with E-state index in [1.165, 1.54) is 11.2 Å². The number of fused-ring (bicyclic) bond motifs is 3. The minimum Gasteiger partial charge on any atom is -0.345 e. The van der Waals surface area contributed by atoms with Gasteiger partial charge >= 0.3 is 0 Å². The summed E-state index contributed by atoms with van der Waals surface area (Å²) in [5, 5.41) is 5.03. The molecule has 0 saturated heterocycles. The van der Waals surface area contributed by atoms with Crippen molar-refractivity contribution in [1.29, 1.82) is 0 Å². The lowest BCUT2D eigenvalue weighted by atomic mass is 10.1. The summed E-state index contributed by atoms with van der Waals surface area (Å²) in [5.74, 6) is 3.12. The van der Waals surface area contributed by atoms with Crippen molar-refractivity contribution in [2.75, 3.05) is 19.4 Å². The Morgan fingerprint density at radius 3 is 2.79 bits per heavy atom. The van der Waals surface area contributed by atoms with Crippen LogP contribution in [0.3, 0.4) is 0 Å². The molecule has 0 fully saturated rings. The van der Waals surface area contributed by atoms with Gasteiger partial charge in [-0.15, -0.1) is 6.42 Å². The molecule has 0 radical (unpaired) electrons. The summed E-state index contributed by atoms with van der Waals surface area (Å²) in [5.41, 5.74) is 3.53. The van der Waals surface area contributed by atoms with Crippen LogP contribution in [0.15, 0.2) is 55.0 Å². The Morgan fingerprint density at radius 1 is 1.14 bits per heavy atom. The molecule has 4 aromatic rings. The first-order valence-electron chi connectivity index (χ1n) is 8.65. The fourth-order valence-corrected chi connectivity index (χ4v) is 3.04. The lowest BCUT2D eigenvalue weighted by Crippen LogP contribution is -2.21. The molecule has 2 heterocycles. The number of terminal acetylenes is 1. The monoisotopic (exact) mass is 367 g/mol. The third kappa shape index (κ3) is 3.10. The molecule has 28 heavy (non-hydrogen) atoms. The normalized spacial score (nSPS) is 10.6. The number of benzene rings is 2. The zero-order valence-corrected chi connectivity index (χ0v) is 15.5. The number of aromatic nitrogens is 3. The molecular weight excluding hydrogens is 350 g/mol.